The predicted octanol–water partition coefficient (Wildman–Crippen LogP) is 1.30. The molecule has 0 saturated carbocycles. The molecule has 0 amide bonds. The average molecular weight is 253 g/mol. The first-order chi connectivity index (χ1) is 8.17. The number of hydrogen-bond acceptors (Lipinski definition) is 7. The molecule has 92 valence electrons. The molecule has 2 aromatic rings. The van der Waals surface area contributed by atoms with E-state index in [0.717, 1.165) is 23.7 Å². The SMILES string of the molecule is CCc1noc(CN(C)Cc2cnc(N)s2)n1. The maximum Gasteiger partial charge on any atom is 0.240 e. The first-order valence-electron chi connectivity index (χ1n) is 5.37. The van der Waals surface area contributed by atoms with Gasteiger partial charge in [-0.3, -0.25) is 4.90 Å². The smallest absolute Gasteiger partial charge is 0.240 e. The second-order valence-corrected chi connectivity index (χ2v) is 4.94. The number of aryl methyl sites for hydroxylation is 1. The van der Waals surface area contributed by atoms with Crippen LogP contribution in [0.3, 0.4) is 0 Å². The van der Waals surface area contributed by atoms with E-state index < -0.39 is 0 Å². The normalized spacial score (nSPS) is 11.2. The molecule has 2 N–H and O–H groups in total. The molecule has 0 aliphatic carbocycles. The Labute approximate surface area is 103 Å². The number of nitrogens with zero attached hydrogens (tertiary/aromatic N) is 4. The molecule has 0 atom stereocenters. The number of nitrogen functional groups attached to an aromatic ring is 1. The molecule has 17 heavy (non-hydrogen) atoms. The van der Waals surface area contributed by atoms with E-state index in [1.165, 1.54) is 11.3 Å². The van der Waals surface area contributed by atoms with Crippen molar-refractivity contribution in [1.82, 2.24) is 20.0 Å². The Kier molecular flexibility index (Phi) is 3.70. The van der Waals surface area contributed by atoms with E-state index >= 15 is 0 Å². The summed E-state index contributed by atoms with van der Waals surface area (Å²) in [5, 5.41) is 4.45. The number of thiazole rings is 1. The van der Waals surface area contributed by atoms with E-state index in [9.17, 15) is 0 Å². The fourth-order valence-corrected chi connectivity index (χ4v) is 2.21. The molecule has 0 fully saturated rings. The highest BCUT2D eigenvalue weighted by Gasteiger charge is 2.09. The van der Waals surface area contributed by atoms with Crippen molar-refractivity contribution < 1.29 is 4.52 Å². The third-order valence-electron chi connectivity index (χ3n) is 2.23. The maximum atomic E-state index is 5.58. The van der Waals surface area contributed by atoms with E-state index in [1.54, 1.807) is 6.20 Å². The Bertz CT molecular complexity index is 481. The van der Waals surface area contributed by atoms with Crippen molar-refractivity contribution in [2.45, 2.75) is 26.4 Å². The Morgan fingerprint density at radius 3 is 2.88 bits per heavy atom. The van der Waals surface area contributed by atoms with Crippen LogP contribution in [0.15, 0.2) is 10.7 Å². The number of rotatable bonds is 5. The molecule has 0 aliphatic heterocycles. The van der Waals surface area contributed by atoms with Gasteiger partial charge in [-0.25, -0.2) is 4.98 Å². The Balaban J connectivity index is 1.90. The summed E-state index contributed by atoms with van der Waals surface area (Å²) in [6.07, 6.45) is 2.58. The summed E-state index contributed by atoms with van der Waals surface area (Å²) in [6, 6.07) is 0. The summed E-state index contributed by atoms with van der Waals surface area (Å²) in [6.45, 7) is 3.40. The van der Waals surface area contributed by atoms with Crippen LogP contribution in [0.2, 0.25) is 0 Å². The van der Waals surface area contributed by atoms with Gasteiger partial charge in [0.1, 0.15) is 0 Å². The zero-order valence-corrected chi connectivity index (χ0v) is 10.7. The molecule has 0 saturated heterocycles. The third-order valence-corrected chi connectivity index (χ3v) is 3.04. The number of anilines is 1. The zero-order chi connectivity index (χ0) is 12.3. The number of hydrogen-bond donors (Lipinski definition) is 1. The fraction of sp³-hybridized carbons (Fsp3) is 0.500. The second kappa shape index (κ2) is 5.24. The van der Waals surface area contributed by atoms with E-state index in [2.05, 4.69) is 20.0 Å². The molecule has 7 heteroatoms. The van der Waals surface area contributed by atoms with Crippen LogP contribution in [0.25, 0.3) is 0 Å². The van der Waals surface area contributed by atoms with E-state index in [0.29, 0.717) is 17.6 Å². The number of aromatic nitrogens is 3. The van der Waals surface area contributed by atoms with E-state index in [4.69, 9.17) is 10.3 Å². The molecule has 6 nitrogen and oxygen atoms in total. The minimum absolute atomic E-state index is 0.597. The average Bonchev–Trinajstić information content (AvgIpc) is 2.88. The lowest BCUT2D eigenvalue weighted by atomic mass is 10.4. The van der Waals surface area contributed by atoms with Crippen LogP contribution in [0.1, 0.15) is 23.5 Å². The molecule has 2 heterocycles. The summed E-state index contributed by atoms with van der Waals surface area (Å²) >= 11 is 1.49. The zero-order valence-electron chi connectivity index (χ0n) is 9.88. The van der Waals surface area contributed by atoms with E-state index in [-0.39, 0.29) is 0 Å². The minimum atomic E-state index is 0.597. The van der Waals surface area contributed by atoms with Crippen molar-refractivity contribution >= 4 is 16.5 Å². The molecule has 0 spiro atoms. The summed E-state index contributed by atoms with van der Waals surface area (Å²) in [5.41, 5.74) is 5.58. The van der Waals surface area contributed by atoms with Crippen LogP contribution in [0, 0.1) is 0 Å². The first kappa shape index (κ1) is 12.0. The quantitative estimate of drug-likeness (QED) is 0.865. The van der Waals surface area contributed by atoms with Gasteiger partial charge in [-0.2, -0.15) is 4.98 Å². The number of nitrogens with two attached hydrogens (primary N) is 1. The van der Waals surface area contributed by atoms with Crippen molar-refractivity contribution in [3.8, 4) is 0 Å². The highest BCUT2D eigenvalue weighted by Crippen LogP contribution is 2.16. The molecule has 0 bridgehead atoms. The Morgan fingerprint density at radius 1 is 1.47 bits per heavy atom. The van der Waals surface area contributed by atoms with Gasteiger partial charge in [0.2, 0.25) is 5.89 Å². The summed E-state index contributed by atoms with van der Waals surface area (Å²) < 4.78 is 5.13. The van der Waals surface area contributed by atoms with Gasteiger partial charge in [-0.05, 0) is 7.05 Å². The summed E-state index contributed by atoms with van der Waals surface area (Å²) in [5.74, 6) is 1.39. The fourth-order valence-electron chi connectivity index (χ4n) is 1.45. The van der Waals surface area contributed by atoms with Crippen LogP contribution >= 0.6 is 11.3 Å². The van der Waals surface area contributed by atoms with Gasteiger partial charge >= 0.3 is 0 Å². The van der Waals surface area contributed by atoms with Crippen molar-refractivity contribution in [2.24, 2.45) is 0 Å². The Hall–Kier alpha value is -1.47. The van der Waals surface area contributed by atoms with Crippen LogP contribution in [0.4, 0.5) is 5.13 Å². The highest BCUT2D eigenvalue weighted by molar-refractivity contribution is 7.15. The Morgan fingerprint density at radius 2 is 2.29 bits per heavy atom. The summed E-state index contributed by atoms with van der Waals surface area (Å²) in [7, 11) is 1.99. The molecule has 2 rings (SSSR count). The van der Waals surface area contributed by atoms with Crippen LogP contribution in [-0.4, -0.2) is 27.1 Å². The molecule has 0 radical (unpaired) electrons. The molecule has 2 aromatic heterocycles. The van der Waals surface area contributed by atoms with Gasteiger partial charge in [0.05, 0.1) is 6.54 Å². The van der Waals surface area contributed by atoms with Gasteiger partial charge in [-0.15, -0.1) is 11.3 Å². The van der Waals surface area contributed by atoms with Crippen molar-refractivity contribution in [2.75, 3.05) is 12.8 Å². The molecule has 0 aliphatic rings. The minimum Gasteiger partial charge on any atom is -0.375 e. The van der Waals surface area contributed by atoms with Gasteiger partial charge in [-0.1, -0.05) is 12.1 Å². The first-order valence-corrected chi connectivity index (χ1v) is 6.19. The second-order valence-electron chi connectivity index (χ2n) is 3.79. The van der Waals surface area contributed by atoms with Gasteiger partial charge in [0.15, 0.2) is 11.0 Å². The van der Waals surface area contributed by atoms with Crippen LogP contribution in [-0.2, 0) is 19.5 Å². The van der Waals surface area contributed by atoms with Crippen molar-refractivity contribution in [3.63, 3.8) is 0 Å². The highest BCUT2D eigenvalue weighted by atomic mass is 32.1. The predicted molar refractivity (Wildman–Crippen MR) is 65.4 cm³/mol. The van der Waals surface area contributed by atoms with Crippen LogP contribution < -0.4 is 5.73 Å². The van der Waals surface area contributed by atoms with Gasteiger partial charge < -0.3 is 10.3 Å². The summed E-state index contributed by atoms with van der Waals surface area (Å²) in [4.78, 5) is 11.5. The van der Waals surface area contributed by atoms with Gasteiger partial charge in [0.25, 0.3) is 0 Å². The lowest BCUT2D eigenvalue weighted by Crippen LogP contribution is -2.16. The standard InChI is InChI=1S/C10H15N5OS/c1-3-8-13-9(16-14-8)6-15(2)5-7-4-12-10(11)17-7/h4H,3,5-6H2,1-2H3,(H2,11,12). The molecule has 0 unspecified atom stereocenters. The largest absolute Gasteiger partial charge is 0.375 e. The van der Waals surface area contributed by atoms with Crippen LogP contribution in [0.5, 0.6) is 0 Å². The molecular weight excluding hydrogens is 238 g/mol. The maximum absolute atomic E-state index is 5.58. The lowest BCUT2D eigenvalue weighted by molar-refractivity contribution is 0.262. The van der Waals surface area contributed by atoms with E-state index in [1.807, 2.05) is 14.0 Å². The van der Waals surface area contributed by atoms with Gasteiger partial charge in [0, 0.05) is 24.0 Å². The van der Waals surface area contributed by atoms with Crippen molar-refractivity contribution in [1.29, 1.82) is 0 Å². The topological polar surface area (TPSA) is 81.1 Å². The third kappa shape index (κ3) is 3.24. The monoisotopic (exact) mass is 253 g/mol. The lowest BCUT2D eigenvalue weighted by Gasteiger charge is -2.11. The molecule has 0 aromatic carbocycles. The molecular formula is C10H15N5OS. The van der Waals surface area contributed by atoms with Crippen molar-refractivity contribution in [3.05, 3.63) is 22.8 Å².